The van der Waals surface area contributed by atoms with E-state index >= 15 is 0 Å². The zero-order valence-corrected chi connectivity index (χ0v) is 8.25. The van der Waals surface area contributed by atoms with Crippen molar-refractivity contribution in [2.75, 3.05) is 0 Å². The van der Waals surface area contributed by atoms with E-state index in [2.05, 4.69) is 32.0 Å². The number of hydrogen-bond donors (Lipinski definition) is 1. The topological polar surface area (TPSA) is 20.2 Å². The number of aliphatic hydroxyl groups excluding tert-OH is 1. The molecule has 1 N–H and O–H groups in total. The standard InChI is InChI=1S/C12H16O/c1-8(2)9-3-5-11-10(7-9)4-6-12(11)13/h3,5,7-8,12-13H,4,6H2,1-2H3/t12-/m0/s1. The summed E-state index contributed by atoms with van der Waals surface area (Å²) in [6, 6.07) is 6.47. The molecule has 0 heterocycles. The van der Waals surface area contributed by atoms with Gasteiger partial charge in [0.2, 0.25) is 0 Å². The van der Waals surface area contributed by atoms with E-state index in [9.17, 15) is 5.11 Å². The third kappa shape index (κ3) is 1.49. The van der Waals surface area contributed by atoms with Gasteiger partial charge < -0.3 is 5.11 Å². The summed E-state index contributed by atoms with van der Waals surface area (Å²) in [7, 11) is 0. The van der Waals surface area contributed by atoms with Gasteiger partial charge in [-0.2, -0.15) is 0 Å². The van der Waals surface area contributed by atoms with Gasteiger partial charge in [0.1, 0.15) is 0 Å². The van der Waals surface area contributed by atoms with Crippen molar-refractivity contribution in [3.05, 3.63) is 34.9 Å². The van der Waals surface area contributed by atoms with Crippen molar-refractivity contribution in [3.8, 4) is 0 Å². The zero-order chi connectivity index (χ0) is 9.42. The molecule has 0 radical (unpaired) electrons. The summed E-state index contributed by atoms with van der Waals surface area (Å²) in [5.41, 5.74) is 3.87. The maximum atomic E-state index is 9.61. The molecule has 1 aromatic rings. The lowest BCUT2D eigenvalue weighted by Crippen LogP contribution is -1.93. The van der Waals surface area contributed by atoms with Crippen molar-refractivity contribution in [1.82, 2.24) is 0 Å². The minimum absolute atomic E-state index is 0.212. The minimum Gasteiger partial charge on any atom is -0.388 e. The second kappa shape index (κ2) is 3.15. The minimum atomic E-state index is -0.212. The van der Waals surface area contributed by atoms with Gasteiger partial charge in [-0.3, -0.25) is 0 Å². The second-order valence-electron chi connectivity index (χ2n) is 4.17. The highest BCUT2D eigenvalue weighted by molar-refractivity contribution is 5.37. The molecule has 70 valence electrons. The highest BCUT2D eigenvalue weighted by Gasteiger charge is 2.20. The molecule has 0 aliphatic heterocycles. The lowest BCUT2D eigenvalue weighted by molar-refractivity contribution is 0.180. The predicted molar refractivity (Wildman–Crippen MR) is 53.8 cm³/mol. The largest absolute Gasteiger partial charge is 0.388 e. The van der Waals surface area contributed by atoms with Crippen LogP contribution >= 0.6 is 0 Å². The van der Waals surface area contributed by atoms with Gasteiger partial charge in [-0.25, -0.2) is 0 Å². The Morgan fingerprint density at radius 2 is 2.15 bits per heavy atom. The van der Waals surface area contributed by atoms with Crippen molar-refractivity contribution < 1.29 is 5.11 Å². The van der Waals surface area contributed by atoms with E-state index in [4.69, 9.17) is 0 Å². The fourth-order valence-corrected chi connectivity index (χ4v) is 1.97. The van der Waals surface area contributed by atoms with E-state index in [1.54, 1.807) is 0 Å². The quantitative estimate of drug-likeness (QED) is 0.697. The fraction of sp³-hybridized carbons (Fsp3) is 0.500. The molecule has 1 atom stereocenters. The Bertz CT molecular complexity index is 315. The molecule has 1 aliphatic carbocycles. The molecule has 13 heavy (non-hydrogen) atoms. The highest BCUT2D eigenvalue weighted by atomic mass is 16.3. The maximum Gasteiger partial charge on any atom is 0.0795 e. The van der Waals surface area contributed by atoms with Crippen molar-refractivity contribution in [1.29, 1.82) is 0 Å². The predicted octanol–water partition coefficient (Wildman–Crippen LogP) is 2.79. The summed E-state index contributed by atoms with van der Waals surface area (Å²) in [5, 5.41) is 9.61. The number of aryl methyl sites for hydroxylation is 1. The van der Waals surface area contributed by atoms with Gasteiger partial charge in [0.25, 0.3) is 0 Å². The second-order valence-corrected chi connectivity index (χ2v) is 4.17. The van der Waals surface area contributed by atoms with E-state index in [0.717, 1.165) is 18.4 Å². The molecule has 0 saturated heterocycles. The van der Waals surface area contributed by atoms with Crippen LogP contribution in [0.3, 0.4) is 0 Å². The van der Waals surface area contributed by atoms with E-state index in [1.807, 2.05) is 0 Å². The van der Waals surface area contributed by atoms with Crippen molar-refractivity contribution >= 4 is 0 Å². The van der Waals surface area contributed by atoms with Crippen LogP contribution in [0.15, 0.2) is 18.2 Å². The van der Waals surface area contributed by atoms with Crippen LogP contribution in [-0.2, 0) is 6.42 Å². The normalized spacial score (nSPS) is 20.8. The molecule has 0 aromatic heterocycles. The lowest BCUT2D eigenvalue weighted by Gasteiger charge is -2.08. The number of hydrogen-bond acceptors (Lipinski definition) is 1. The van der Waals surface area contributed by atoms with E-state index in [-0.39, 0.29) is 6.10 Å². The molecule has 0 unspecified atom stereocenters. The highest BCUT2D eigenvalue weighted by Crippen LogP contribution is 2.32. The Kier molecular flexibility index (Phi) is 2.12. The Morgan fingerprint density at radius 1 is 1.38 bits per heavy atom. The third-order valence-corrected chi connectivity index (χ3v) is 2.88. The van der Waals surface area contributed by atoms with Crippen molar-refractivity contribution in [2.24, 2.45) is 0 Å². The summed E-state index contributed by atoms with van der Waals surface area (Å²) < 4.78 is 0. The molecular weight excluding hydrogens is 160 g/mol. The summed E-state index contributed by atoms with van der Waals surface area (Å²) in [6.07, 6.45) is 1.73. The first-order valence-electron chi connectivity index (χ1n) is 4.99. The number of benzene rings is 1. The van der Waals surface area contributed by atoms with Crippen LogP contribution in [0.1, 0.15) is 49.0 Å². The molecular formula is C12H16O. The monoisotopic (exact) mass is 176 g/mol. The molecule has 0 spiro atoms. The average Bonchev–Trinajstić information content (AvgIpc) is 2.47. The van der Waals surface area contributed by atoms with Crippen LogP contribution in [0.4, 0.5) is 0 Å². The first-order chi connectivity index (χ1) is 6.18. The summed E-state index contributed by atoms with van der Waals surface area (Å²) in [6.45, 7) is 4.40. The zero-order valence-electron chi connectivity index (χ0n) is 8.25. The van der Waals surface area contributed by atoms with E-state index in [1.165, 1.54) is 11.1 Å². The van der Waals surface area contributed by atoms with Crippen LogP contribution in [0.25, 0.3) is 0 Å². The number of fused-ring (bicyclic) bond motifs is 1. The lowest BCUT2D eigenvalue weighted by atomic mass is 9.98. The smallest absolute Gasteiger partial charge is 0.0795 e. The molecule has 1 aromatic carbocycles. The molecule has 0 saturated carbocycles. The van der Waals surface area contributed by atoms with Crippen LogP contribution < -0.4 is 0 Å². The van der Waals surface area contributed by atoms with Crippen molar-refractivity contribution in [3.63, 3.8) is 0 Å². The molecule has 0 amide bonds. The third-order valence-electron chi connectivity index (χ3n) is 2.88. The molecule has 1 nitrogen and oxygen atoms in total. The maximum absolute atomic E-state index is 9.61. The van der Waals surface area contributed by atoms with Gasteiger partial charge >= 0.3 is 0 Å². The molecule has 0 bridgehead atoms. The first-order valence-corrected chi connectivity index (χ1v) is 4.99. The SMILES string of the molecule is CC(C)c1ccc2c(c1)CC[C@@H]2O. The fourth-order valence-electron chi connectivity index (χ4n) is 1.97. The van der Waals surface area contributed by atoms with Crippen molar-refractivity contribution in [2.45, 2.75) is 38.7 Å². The van der Waals surface area contributed by atoms with E-state index in [0.29, 0.717) is 5.92 Å². The summed E-state index contributed by atoms with van der Waals surface area (Å²) in [4.78, 5) is 0. The molecule has 1 aliphatic rings. The molecule has 2 rings (SSSR count). The Balaban J connectivity index is 2.40. The average molecular weight is 176 g/mol. The van der Waals surface area contributed by atoms with Gasteiger partial charge in [-0.15, -0.1) is 0 Å². The van der Waals surface area contributed by atoms with Crippen LogP contribution in [0, 0.1) is 0 Å². The van der Waals surface area contributed by atoms with Crippen LogP contribution in [0.5, 0.6) is 0 Å². The van der Waals surface area contributed by atoms with Gasteiger partial charge in [0, 0.05) is 0 Å². The van der Waals surface area contributed by atoms with Gasteiger partial charge in [0.15, 0.2) is 0 Å². The Morgan fingerprint density at radius 3 is 2.85 bits per heavy atom. The van der Waals surface area contributed by atoms with Gasteiger partial charge in [0.05, 0.1) is 6.10 Å². The number of rotatable bonds is 1. The summed E-state index contributed by atoms with van der Waals surface area (Å²) in [5.74, 6) is 0.586. The molecule has 1 heteroatoms. The molecule has 0 fully saturated rings. The Hall–Kier alpha value is -0.820. The number of aliphatic hydroxyl groups is 1. The summed E-state index contributed by atoms with van der Waals surface area (Å²) >= 11 is 0. The van der Waals surface area contributed by atoms with Crippen LogP contribution in [0.2, 0.25) is 0 Å². The Labute approximate surface area is 79.4 Å². The van der Waals surface area contributed by atoms with Gasteiger partial charge in [-0.05, 0) is 35.4 Å². The van der Waals surface area contributed by atoms with Gasteiger partial charge in [-0.1, -0.05) is 32.0 Å². The first kappa shape index (κ1) is 8.76. The van der Waals surface area contributed by atoms with E-state index < -0.39 is 0 Å². The van der Waals surface area contributed by atoms with Crippen LogP contribution in [-0.4, -0.2) is 5.11 Å².